The molecule has 0 bridgehead atoms. The Morgan fingerprint density at radius 1 is 1.00 bits per heavy atom. The summed E-state index contributed by atoms with van der Waals surface area (Å²) in [5, 5.41) is 9.11. The van der Waals surface area contributed by atoms with E-state index < -0.39 is 6.10 Å². The van der Waals surface area contributed by atoms with Gasteiger partial charge in [-0.25, -0.2) is 0 Å². The molecule has 0 aromatic heterocycles. The summed E-state index contributed by atoms with van der Waals surface area (Å²) in [4.78, 5) is 8.00. The van der Waals surface area contributed by atoms with E-state index in [1.54, 1.807) is 0 Å². The topological polar surface area (TPSA) is 55.8 Å². The minimum Gasteiger partial charge on any atom is -0.494 e. The number of hydrogen-bond acceptors (Lipinski definition) is 4. The Hall–Kier alpha value is -2.08. The van der Waals surface area contributed by atoms with Crippen LogP contribution in [0.1, 0.15) is 24.0 Å². The number of benzene rings is 2. The third-order valence-electron chi connectivity index (χ3n) is 3.43. The fourth-order valence-corrected chi connectivity index (χ4v) is 2.20. The van der Waals surface area contributed by atoms with Crippen molar-refractivity contribution in [2.24, 2.45) is 0 Å². The number of carbonyl (C=O) groups is 1. The standard InChI is InChI=1S/C21H23O3.CH2O.W/c1-3-4-5-14-23-20-10-6-18(7-11-20)15-19-8-12-21(13-9-19)24-16-17(2)22;1-2;/h1,6-13,17,22H,2,4-5,14-16H2;1H2;/q-1;;. The summed E-state index contributed by atoms with van der Waals surface area (Å²) in [6.07, 6.45) is 6.96. The molecule has 0 amide bonds. The van der Waals surface area contributed by atoms with Crippen LogP contribution in [-0.2, 0) is 32.3 Å². The van der Waals surface area contributed by atoms with E-state index in [-0.39, 0.29) is 27.7 Å². The van der Waals surface area contributed by atoms with E-state index in [0.717, 1.165) is 30.8 Å². The fraction of sp³-hybridized carbons (Fsp3) is 0.273. The minimum atomic E-state index is -0.711. The average Bonchev–Trinajstić information content (AvgIpc) is 2.67. The van der Waals surface area contributed by atoms with Gasteiger partial charge in [-0.3, -0.25) is 0 Å². The first-order chi connectivity index (χ1) is 12.7. The number of unbranched alkanes of at least 4 members (excludes halogenated alkanes) is 1. The summed E-state index contributed by atoms with van der Waals surface area (Å²) in [6, 6.07) is 16.0. The van der Waals surface area contributed by atoms with Crippen molar-refractivity contribution in [2.45, 2.75) is 25.4 Å². The van der Waals surface area contributed by atoms with Gasteiger partial charge in [0.15, 0.2) is 0 Å². The van der Waals surface area contributed by atoms with Gasteiger partial charge in [0.25, 0.3) is 0 Å². The van der Waals surface area contributed by atoms with Crippen molar-refractivity contribution in [3.63, 3.8) is 0 Å². The molecule has 1 atom stereocenters. The van der Waals surface area contributed by atoms with Gasteiger partial charge in [0.2, 0.25) is 0 Å². The van der Waals surface area contributed by atoms with Crippen molar-refractivity contribution in [3.05, 3.63) is 66.6 Å². The zero-order chi connectivity index (χ0) is 19.2. The van der Waals surface area contributed by atoms with E-state index in [4.69, 9.17) is 25.8 Å². The Balaban J connectivity index is 0.00000218. The van der Waals surface area contributed by atoms with Crippen molar-refractivity contribution >= 4 is 6.79 Å². The third-order valence-corrected chi connectivity index (χ3v) is 3.43. The van der Waals surface area contributed by atoms with E-state index in [1.165, 1.54) is 11.1 Å². The quantitative estimate of drug-likeness (QED) is 0.303. The van der Waals surface area contributed by atoms with E-state index in [1.807, 2.05) is 43.2 Å². The summed E-state index contributed by atoms with van der Waals surface area (Å²) in [5.74, 6) is 4.20. The van der Waals surface area contributed by atoms with Crippen molar-refractivity contribution in [1.29, 1.82) is 0 Å². The monoisotopic (exact) mass is 537 g/mol. The average molecular weight is 537 g/mol. The molecule has 144 valence electrons. The fourth-order valence-electron chi connectivity index (χ4n) is 2.20. The van der Waals surface area contributed by atoms with Gasteiger partial charge in [0.1, 0.15) is 18.3 Å². The number of aliphatic hydroxyl groups is 1. The van der Waals surface area contributed by atoms with Gasteiger partial charge >= 0.3 is 0 Å². The van der Waals surface area contributed by atoms with Crippen LogP contribution < -0.4 is 9.47 Å². The first-order valence-electron chi connectivity index (χ1n) is 8.34. The second-order valence-corrected chi connectivity index (χ2v) is 5.59. The number of aliphatic hydroxyl groups excluding tert-OH is 1. The Kier molecular flexibility index (Phi) is 13.9. The van der Waals surface area contributed by atoms with Crippen molar-refractivity contribution < 1.29 is 40.4 Å². The van der Waals surface area contributed by atoms with E-state index in [0.29, 0.717) is 6.61 Å². The van der Waals surface area contributed by atoms with Crippen LogP contribution in [0.25, 0.3) is 0 Å². The molecule has 2 rings (SSSR count). The smallest absolute Gasteiger partial charge is 0.119 e. The number of rotatable bonds is 9. The van der Waals surface area contributed by atoms with Crippen LogP contribution in [0.15, 0.2) is 48.5 Å². The first-order valence-corrected chi connectivity index (χ1v) is 8.34. The number of carbonyl (C=O) groups excluding carboxylic acids is 1. The molecule has 2 aromatic carbocycles. The first kappa shape index (κ1) is 24.9. The molecule has 5 heteroatoms. The summed E-state index contributed by atoms with van der Waals surface area (Å²) in [7, 11) is 0. The zero-order valence-electron chi connectivity index (χ0n) is 15.3. The Morgan fingerprint density at radius 3 is 1.93 bits per heavy atom. The Morgan fingerprint density at radius 2 is 1.48 bits per heavy atom. The molecule has 0 spiro atoms. The van der Waals surface area contributed by atoms with Crippen LogP contribution in [0.2, 0.25) is 0 Å². The Labute approximate surface area is 176 Å². The van der Waals surface area contributed by atoms with Crippen LogP contribution in [0.4, 0.5) is 0 Å². The molecule has 0 aliphatic rings. The maximum atomic E-state index is 9.11. The van der Waals surface area contributed by atoms with Crippen LogP contribution >= 0.6 is 0 Å². The maximum Gasteiger partial charge on any atom is 0.119 e. The predicted molar refractivity (Wildman–Crippen MR) is 103 cm³/mol. The normalized spacial score (nSPS) is 10.4. The molecule has 0 aliphatic heterocycles. The van der Waals surface area contributed by atoms with Crippen molar-refractivity contribution in [1.82, 2.24) is 0 Å². The zero-order valence-corrected chi connectivity index (χ0v) is 18.2. The molecule has 0 radical (unpaired) electrons. The largest absolute Gasteiger partial charge is 0.494 e. The molecule has 1 unspecified atom stereocenters. The van der Waals surface area contributed by atoms with Crippen LogP contribution in [0, 0.1) is 19.3 Å². The summed E-state index contributed by atoms with van der Waals surface area (Å²) in [6.45, 7) is 6.32. The molecular formula is C22H25O4W-. The molecule has 1 N–H and O–H groups in total. The second-order valence-electron chi connectivity index (χ2n) is 5.59. The van der Waals surface area contributed by atoms with Crippen LogP contribution in [0.3, 0.4) is 0 Å². The third kappa shape index (κ3) is 10.6. The van der Waals surface area contributed by atoms with Crippen LogP contribution in [0.5, 0.6) is 11.5 Å². The number of terminal acetylenes is 1. The molecule has 27 heavy (non-hydrogen) atoms. The Bertz CT molecular complexity index is 660. The van der Waals surface area contributed by atoms with Gasteiger partial charge in [-0.05, 0) is 54.3 Å². The maximum absolute atomic E-state index is 9.11. The van der Waals surface area contributed by atoms with E-state index >= 15 is 0 Å². The van der Waals surface area contributed by atoms with E-state index in [2.05, 4.69) is 25.0 Å². The van der Waals surface area contributed by atoms with Gasteiger partial charge in [-0.2, -0.15) is 0 Å². The van der Waals surface area contributed by atoms with Crippen LogP contribution in [-0.4, -0.2) is 31.2 Å². The second kappa shape index (κ2) is 15.0. The van der Waals surface area contributed by atoms with Crippen molar-refractivity contribution in [3.8, 4) is 23.8 Å². The number of ether oxygens (including phenoxy) is 2. The van der Waals surface area contributed by atoms with Gasteiger partial charge in [0.05, 0.1) is 13.2 Å². The van der Waals surface area contributed by atoms with Crippen molar-refractivity contribution in [2.75, 3.05) is 13.2 Å². The molecule has 4 nitrogen and oxygen atoms in total. The summed E-state index contributed by atoms with van der Waals surface area (Å²) in [5.41, 5.74) is 2.41. The molecule has 0 saturated heterocycles. The predicted octanol–water partition coefficient (Wildman–Crippen LogP) is 3.46. The van der Waals surface area contributed by atoms with E-state index in [9.17, 15) is 0 Å². The molecular weight excluding hydrogens is 512 g/mol. The van der Waals surface area contributed by atoms with Gasteiger partial charge in [-0.15, -0.1) is 12.3 Å². The summed E-state index contributed by atoms with van der Waals surface area (Å²) < 4.78 is 11.0. The molecule has 0 saturated carbocycles. The summed E-state index contributed by atoms with van der Waals surface area (Å²) >= 11 is 0. The molecule has 0 aliphatic carbocycles. The molecule has 2 aromatic rings. The molecule has 0 fully saturated rings. The minimum absolute atomic E-state index is 0. The molecule has 0 heterocycles. The van der Waals surface area contributed by atoms with Gasteiger partial charge < -0.3 is 26.3 Å². The SMILES string of the molecule is C#CCCCOc1ccc(Cc2ccc(OCC([CH2-])O)cc2)cc1.C=O.[W]. The van der Waals surface area contributed by atoms with Gasteiger partial charge in [0, 0.05) is 27.5 Å². The number of hydrogen-bond donors (Lipinski definition) is 1. The van der Waals surface area contributed by atoms with Gasteiger partial charge in [-0.1, -0.05) is 24.3 Å².